The van der Waals surface area contributed by atoms with Gasteiger partial charge in [0.1, 0.15) is 0 Å². The molecule has 0 unspecified atom stereocenters. The molecule has 0 radical (unpaired) electrons. The summed E-state index contributed by atoms with van der Waals surface area (Å²) in [6.07, 6.45) is 2.78. The molecule has 1 aliphatic rings. The smallest absolute Gasteiger partial charge is 0.253 e. The second kappa shape index (κ2) is 12.5. The Balaban J connectivity index is 1.47. The van der Waals surface area contributed by atoms with E-state index in [0.29, 0.717) is 11.1 Å². The van der Waals surface area contributed by atoms with Crippen LogP contribution in [0.3, 0.4) is 0 Å². The number of rotatable bonds is 9. The molecular weight excluding hydrogens is 446 g/mol. The minimum Gasteiger partial charge on any atom is -0.347 e. The van der Waals surface area contributed by atoms with Gasteiger partial charge in [-0.1, -0.05) is 74.5 Å². The van der Waals surface area contributed by atoms with Crippen LogP contribution in [-0.2, 0) is 0 Å². The normalized spacial score (nSPS) is 17.4. The Labute approximate surface area is 214 Å². The fraction of sp³-hybridized carbons (Fsp3) is 0.355. The van der Waals surface area contributed by atoms with Gasteiger partial charge in [-0.25, -0.2) is 0 Å². The molecule has 0 aromatic heterocycles. The maximum Gasteiger partial charge on any atom is 0.253 e. The Kier molecular flexibility index (Phi) is 8.90. The van der Waals surface area contributed by atoms with Crippen molar-refractivity contribution in [3.05, 3.63) is 95.6 Å². The van der Waals surface area contributed by atoms with Crippen LogP contribution < -0.4 is 10.6 Å². The van der Waals surface area contributed by atoms with Gasteiger partial charge in [-0.3, -0.25) is 9.59 Å². The second-order valence-electron chi connectivity index (χ2n) is 9.54. The van der Waals surface area contributed by atoms with Gasteiger partial charge in [-0.15, -0.1) is 0 Å². The Bertz CT molecular complexity index is 1140. The Morgan fingerprint density at radius 2 is 1.53 bits per heavy atom. The van der Waals surface area contributed by atoms with Gasteiger partial charge >= 0.3 is 0 Å². The number of piperidine rings is 1. The zero-order chi connectivity index (χ0) is 25.3. The van der Waals surface area contributed by atoms with E-state index in [-0.39, 0.29) is 23.8 Å². The van der Waals surface area contributed by atoms with Crippen LogP contribution in [0, 0.1) is 0 Å². The highest BCUT2D eigenvalue weighted by atomic mass is 16.2. The maximum absolute atomic E-state index is 13.3. The quantitative estimate of drug-likeness (QED) is 0.423. The number of carbonyl (C=O) groups excluding carboxylic acids is 2. The number of hydrogen-bond acceptors (Lipinski definition) is 3. The zero-order valence-corrected chi connectivity index (χ0v) is 21.4. The summed E-state index contributed by atoms with van der Waals surface area (Å²) in [4.78, 5) is 28.2. The van der Waals surface area contributed by atoms with Gasteiger partial charge in [0.2, 0.25) is 0 Å². The van der Waals surface area contributed by atoms with Crippen LogP contribution in [0.4, 0.5) is 0 Å². The van der Waals surface area contributed by atoms with Gasteiger partial charge in [0.05, 0.1) is 0 Å². The molecule has 0 aliphatic carbocycles. The van der Waals surface area contributed by atoms with Crippen molar-refractivity contribution in [3.63, 3.8) is 0 Å². The molecule has 36 heavy (non-hydrogen) atoms. The molecule has 1 heterocycles. The number of amides is 2. The van der Waals surface area contributed by atoms with E-state index in [2.05, 4.69) is 73.0 Å². The summed E-state index contributed by atoms with van der Waals surface area (Å²) < 4.78 is 0. The predicted molar refractivity (Wildman–Crippen MR) is 146 cm³/mol. The van der Waals surface area contributed by atoms with E-state index in [4.69, 9.17) is 0 Å². The van der Waals surface area contributed by atoms with Crippen LogP contribution in [0.25, 0.3) is 11.1 Å². The standard InChI is InChI=1S/C31H37N3O2/c1-3-19-34(20-4-2)31(36)27-12-8-11-26(21-27)30(35)33-29-22-32-18-17-28(29)25-15-13-24(14-16-25)23-9-6-5-7-10-23/h5-16,21,28-29,32H,3-4,17-20,22H2,1-2H3,(H,33,35)/t28-,29+/m1/s1. The summed E-state index contributed by atoms with van der Waals surface area (Å²) in [5.74, 6) is 0.0836. The average molecular weight is 484 g/mol. The molecule has 0 spiro atoms. The first kappa shape index (κ1) is 25.6. The lowest BCUT2D eigenvalue weighted by Crippen LogP contribution is -2.50. The first-order chi connectivity index (χ1) is 17.6. The summed E-state index contributed by atoms with van der Waals surface area (Å²) in [6.45, 7) is 7.23. The lowest BCUT2D eigenvalue weighted by atomic mass is 9.85. The molecule has 5 heteroatoms. The Morgan fingerprint density at radius 3 is 2.22 bits per heavy atom. The molecular formula is C31H37N3O2. The molecule has 2 N–H and O–H groups in total. The first-order valence-corrected chi connectivity index (χ1v) is 13.2. The molecule has 3 aromatic rings. The SMILES string of the molecule is CCCN(CCC)C(=O)c1cccc(C(=O)N[C@H]2CNCC[C@@H]2c2ccc(-c3ccccc3)cc2)c1. The number of benzene rings is 3. The minimum absolute atomic E-state index is 0.0101. The van der Waals surface area contributed by atoms with E-state index < -0.39 is 0 Å². The van der Waals surface area contributed by atoms with Crippen LogP contribution in [0.5, 0.6) is 0 Å². The third-order valence-electron chi connectivity index (χ3n) is 6.89. The molecule has 5 nitrogen and oxygen atoms in total. The van der Waals surface area contributed by atoms with Crippen molar-refractivity contribution in [2.45, 2.75) is 45.1 Å². The third kappa shape index (κ3) is 6.21. The van der Waals surface area contributed by atoms with E-state index in [1.165, 1.54) is 16.7 Å². The van der Waals surface area contributed by atoms with Crippen LogP contribution in [0.2, 0.25) is 0 Å². The Hall–Kier alpha value is -3.44. The number of nitrogens with one attached hydrogen (secondary N) is 2. The van der Waals surface area contributed by atoms with Crippen molar-refractivity contribution in [3.8, 4) is 11.1 Å². The topological polar surface area (TPSA) is 61.4 Å². The van der Waals surface area contributed by atoms with Crippen molar-refractivity contribution in [1.29, 1.82) is 0 Å². The van der Waals surface area contributed by atoms with Crippen molar-refractivity contribution in [2.24, 2.45) is 0 Å². The largest absolute Gasteiger partial charge is 0.347 e. The monoisotopic (exact) mass is 483 g/mol. The summed E-state index contributed by atoms with van der Waals surface area (Å²) in [5.41, 5.74) is 4.72. The minimum atomic E-state index is -0.137. The van der Waals surface area contributed by atoms with E-state index in [0.717, 1.165) is 45.4 Å². The second-order valence-corrected chi connectivity index (χ2v) is 9.54. The molecule has 0 bridgehead atoms. The van der Waals surface area contributed by atoms with Gasteiger partial charge < -0.3 is 15.5 Å². The fourth-order valence-electron chi connectivity index (χ4n) is 5.05. The highest BCUT2D eigenvalue weighted by Crippen LogP contribution is 2.28. The highest BCUT2D eigenvalue weighted by Gasteiger charge is 2.28. The van der Waals surface area contributed by atoms with Gasteiger partial charge in [-0.2, -0.15) is 0 Å². The van der Waals surface area contributed by atoms with Crippen molar-refractivity contribution in [1.82, 2.24) is 15.5 Å². The summed E-state index contributed by atoms with van der Waals surface area (Å²) in [7, 11) is 0. The average Bonchev–Trinajstić information content (AvgIpc) is 2.93. The molecule has 1 aliphatic heterocycles. The van der Waals surface area contributed by atoms with Gasteiger partial charge in [0, 0.05) is 42.7 Å². The van der Waals surface area contributed by atoms with E-state index in [1.807, 2.05) is 11.0 Å². The van der Waals surface area contributed by atoms with Gasteiger partial charge in [-0.05, 0) is 60.7 Å². The Morgan fingerprint density at radius 1 is 0.861 bits per heavy atom. The maximum atomic E-state index is 13.3. The highest BCUT2D eigenvalue weighted by molar-refractivity contribution is 5.99. The van der Waals surface area contributed by atoms with Gasteiger partial charge in [0.15, 0.2) is 0 Å². The summed E-state index contributed by atoms with van der Waals surface area (Å²) in [5, 5.41) is 6.68. The molecule has 1 fully saturated rings. The number of hydrogen-bond donors (Lipinski definition) is 2. The number of carbonyl (C=O) groups is 2. The van der Waals surface area contributed by atoms with E-state index >= 15 is 0 Å². The van der Waals surface area contributed by atoms with Crippen LogP contribution in [0.15, 0.2) is 78.9 Å². The van der Waals surface area contributed by atoms with Crippen molar-refractivity contribution < 1.29 is 9.59 Å². The van der Waals surface area contributed by atoms with Crippen LogP contribution in [0.1, 0.15) is 65.3 Å². The lowest BCUT2D eigenvalue weighted by molar-refractivity contribution is 0.0755. The van der Waals surface area contributed by atoms with Crippen molar-refractivity contribution in [2.75, 3.05) is 26.2 Å². The van der Waals surface area contributed by atoms with Crippen LogP contribution >= 0.6 is 0 Å². The first-order valence-electron chi connectivity index (χ1n) is 13.2. The molecule has 2 atom stereocenters. The number of nitrogens with zero attached hydrogens (tertiary/aromatic N) is 1. The van der Waals surface area contributed by atoms with Gasteiger partial charge in [0.25, 0.3) is 11.8 Å². The molecule has 1 saturated heterocycles. The molecule has 3 aromatic carbocycles. The van der Waals surface area contributed by atoms with E-state index in [1.54, 1.807) is 24.3 Å². The summed E-state index contributed by atoms with van der Waals surface area (Å²) >= 11 is 0. The van der Waals surface area contributed by atoms with Crippen LogP contribution in [-0.4, -0.2) is 48.9 Å². The fourth-order valence-corrected chi connectivity index (χ4v) is 5.05. The predicted octanol–water partition coefficient (Wildman–Crippen LogP) is 5.49. The summed E-state index contributed by atoms with van der Waals surface area (Å²) in [6, 6.07) is 26.2. The van der Waals surface area contributed by atoms with Crippen molar-refractivity contribution >= 4 is 11.8 Å². The third-order valence-corrected chi connectivity index (χ3v) is 6.89. The zero-order valence-electron chi connectivity index (χ0n) is 21.4. The molecule has 4 rings (SSSR count). The molecule has 0 saturated carbocycles. The van der Waals surface area contributed by atoms with E-state index in [9.17, 15) is 9.59 Å². The molecule has 2 amide bonds. The lowest BCUT2D eigenvalue weighted by Gasteiger charge is -2.33. The molecule has 188 valence electrons.